The average Bonchev–Trinajstić information content (AvgIpc) is 2.88. The highest BCUT2D eigenvalue weighted by atomic mass is 16.6. The molecule has 0 fully saturated rings. The van der Waals surface area contributed by atoms with Crippen LogP contribution in [0.1, 0.15) is 26.5 Å². The average molecular weight is 289 g/mol. The van der Waals surface area contributed by atoms with E-state index in [2.05, 4.69) is 15.7 Å². The van der Waals surface area contributed by atoms with Crippen molar-refractivity contribution in [3.8, 4) is 5.75 Å². The zero-order chi connectivity index (χ0) is 15.5. The van der Waals surface area contributed by atoms with Gasteiger partial charge in [-0.2, -0.15) is 0 Å². The molecule has 7 heteroatoms. The standard InChI is InChI=1S/C14H15N3O4/c1-14(2,3)11-8-12(17-21-11)15-13(18)20-10-6-4-9(16-19)5-7-10/h4-8H,1-3H3,(H,15,17,18). The Balaban J connectivity index is 1.98. The minimum atomic E-state index is -0.699. The monoisotopic (exact) mass is 289 g/mol. The second-order valence-electron chi connectivity index (χ2n) is 5.43. The van der Waals surface area contributed by atoms with Crippen molar-refractivity contribution in [2.24, 2.45) is 5.18 Å². The molecule has 0 atom stereocenters. The van der Waals surface area contributed by atoms with Crippen molar-refractivity contribution in [3.05, 3.63) is 41.0 Å². The summed E-state index contributed by atoms with van der Waals surface area (Å²) in [6.45, 7) is 5.91. The molecule has 0 saturated heterocycles. The molecule has 1 N–H and O–H groups in total. The third-order valence-corrected chi connectivity index (χ3v) is 2.63. The minimum Gasteiger partial charge on any atom is -0.410 e. The van der Waals surface area contributed by atoms with Crippen LogP contribution < -0.4 is 10.1 Å². The predicted octanol–water partition coefficient (Wildman–Crippen LogP) is 3.98. The molecule has 2 rings (SSSR count). The molecule has 21 heavy (non-hydrogen) atoms. The van der Waals surface area contributed by atoms with E-state index in [9.17, 15) is 9.70 Å². The quantitative estimate of drug-likeness (QED) is 0.862. The van der Waals surface area contributed by atoms with Crippen LogP contribution in [0.3, 0.4) is 0 Å². The summed E-state index contributed by atoms with van der Waals surface area (Å²) in [4.78, 5) is 22.0. The number of aromatic nitrogens is 1. The number of anilines is 1. The van der Waals surface area contributed by atoms with E-state index in [0.29, 0.717) is 11.5 Å². The second-order valence-corrected chi connectivity index (χ2v) is 5.43. The van der Waals surface area contributed by atoms with Gasteiger partial charge in [0, 0.05) is 11.5 Å². The molecule has 0 unspecified atom stereocenters. The van der Waals surface area contributed by atoms with Gasteiger partial charge in [0.1, 0.15) is 17.2 Å². The summed E-state index contributed by atoms with van der Waals surface area (Å²) in [6, 6.07) is 7.48. The van der Waals surface area contributed by atoms with Gasteiger partial charge in [-0.1, -0.05) is 25.9 Å². The Morgan fingerprint density at radius 3 is 2.48 bits per heavy atom. The van der Waals surface area contributed by atoms with Gasteiger partial charge in [-0.15, -0.1) is 4.91 Å². The lowest BCUT2D eigenvalue weighted by molar-refractivity contribution is 0.215. The van der Waals surface area contributed by atoms with E-state index < -0.39 is 6.09 Å². The Kier molecular flexibility index (Phi) is 4.02. The first-order valence-electron chi connectivity index (χ1n) is 6.28. The van der Waals surface area contributed by atoms with Crippen LogP contribution in [0.25, 0.3) is 0 Å². The number of hydrogen-bond acceptors (Lipinski definition) is 6. The number of carbonyl (C=O) groups is 1. The molecule has 0 spiro atoms. The van der Waals surface area contributed by atoms with E-state index in [0.717, 1.165) is 0 Å². The molecule has 1 aromatic carbocycles. The molecule has 1 heterocycles. The van der Waals surface area contributed by atoms with Crippen molar-refractivity contribution in [1.29, 1.82) is 0 Å². The lowest BCUT2D eigenvalue weighted by Gasteiger charge is -2.12. The Morgan fingerprint density at radius 1 is 1.29 bits per heavy atom. The Bertz CT molecular complexity index is 641. The van der Waals surface area contributed by atoms with Crippen LogP contribution >= 0.6 is 0 Å². The number of nitrogens with one attached hydrogen (secondary N) is 1. The van der Waals surface area contributed by atoms with Gasteiger partial charge in [0.25, 0.3) is 0 Å². The summed E-state index contributed by atoms with van der Waals surface area (Å²) in [5.74, 6) is 1.22. The summed E-state index contributed by atoms with van der Waals surface area (Å²) in [6.07, 6.45) is -0.699. The highest BCUT2D eigenvalue weighted by molar-refractivity contribution is 5.85. The Hall–Kier alpha value is -2.70. The predicted molar refractivity (Wildman–Crippen MR) is 76.7 cm³/mol. The summed E-state index contributed by atoms with van der Waals surface area (Å²) in [5.41, 5.74) is 0.0585. The van der Waals surface area contributed by atoms with Gasteiger partial charge in [0.15, 0.2) is 5.82 Å². The summed E-state index contributed by atoms with van der Waals surface area (Å²) in [5, 5.41) is 8.96. The fraction of sp³-hybridized carbons (Fsp3) is 0.286. The van der Waals surface area contributed by atoms with Crippen molar-refractivity contribution >= 4 is 17.6 Å². The number of ether oxygens (including phenoxy) is 1. The molecule has 1 aromatic heterocycles. The number of rotatable bonds is 3. The van der Waals surface area contributed by atoms with Crippen molar-refractivity contribution in [1.82, 2.24) is 5.16 Å². The number of nitrogens with zero attached hydrogens (tertiary/aromatic N) is 2. The first kappa shape index (κ1) is 14.7. The van der Waals surface area contributed by atoms with Crippen LogP contribution in [0, 0.1) is 4.91 Å². The molecule has 7 nitrogen and oxygen atoms in total. The van der Waals surface area contributed by atoms with E-state index in [-0.39, 0.29) is 16.9 Å². The molecule has 0 bridgehead atoms. The molecular formula is C14H15N3O4. The highest BCUT2D eigenvalue weighted by Crippen LogP contribution is 2.24. The highest BCUT2D eigenvalue weighted by Gasteiger charge is 2.20. The molecule has 0 aliphatic heterocycles. The SMILES string of the molecule is CC(C)(C)c1cc(NC(=O)Oc2ccc(N=O)cc2)no1. The van der Waals surface area contributed by atoms with Crippen LogP contribution in [0.15, 0.2) is 40.0 Å². The number of nitroso groups, excluding NO2 is 1. The maximum absolute atomic E-state index is 11.7. The van der Waals surface area contributed by atoms with Crippen molar-refractivity contribution in [2.45, 2.75) is 26.2 Å². The summed E-state index contributed by atoms with van der Waals surface area (Å²) in [7, 11) is 0. The molecule has 0 aliphatic carbocycles. The molecule has 2 aromatic rings. The Morgan fingerprint density at radius 2 is 1.95 bits per heavy atom. The van der Waals surface area contributed by atoms with E-state index in [1.54, 1.807) is 6.07 Å². The molecule has 1 amide bonds. The summed E-state index contributed by atoms with van der Waals surface area (Å²) >= 11 is 0. The zero-order valence-electron chi connectivity index (χ0n) is 11.9. The lowest BCUT2D eigenvalue weighted by Crippen LogP contribution is -2.17. The lowest BCUT2D eigenvalue weighted by atomic mass is 9.93. The van der Waals surface area contributed by atoms with Crippen molar-refractivity contribution in [2.75, 3.05) is 5.32 Å². The molecule has 0 saturated carbocycles. The van der Waals surface area contributed by atoms with Crippen LogP contribution in [-0.4, -0.2) is 11.2 Å². The van der Waals surface area contributed by atoms with Crippen molar-refractivity contribution in [3.63, 3.8) is 0 Å². The van der Waals surface area contributed by atoms with E-state index in [1.165, 1.54) is 24.3 Å². The van der Waals surface area contributed by atoms with Crippen LogP contribution in [-0.2, 0) is 5.41 Å². The number of hydrogen-bond donors (Lipinski definition) is 1. The van der Waals surface area contributed by atoms with Crippen molar-refractivity contribution < 1.29 is 14.1 Å². The third kappa shape index (κ3) is 3.88. The van der Waals surface area contributed by atoms with Gasteiger partial charge >= 0.3 is 6.09 Å². The number of amides is 1. The smallest absolute Gasteiger partial charge is 0.410 e. The van der Waals surface area contributed by atoms with Gasteiger partial charge in [-0.05, 0) is 29.4 Å². The first-order valence-corrected chi connectivity index (χ1v) is 6.28. The summed E-state index contributed by atoms with van der Waals surface area (Å²) < 4.78 is 10.2. The van der Waals surface area contributed by atoms with Crippen LogP contribution in [0.2, 0.25) is 0 Å². The van der Waals surface area contributed by atoms with Crippen LogP contribution in [0.5, 0.6) is 5.75 Å². The molecule has 0 radical (unpaired) electrons. The van der Waals surface area contributed by atoms with Crippen LogP contribution in [0.4, 0.5) is 16.3 Å². The maximum atomic E-state index is 11.7. The minimum absolute atomic E-state index is 0.200. The fourth-order valence-electron chi connectivity index (χ4n) is 1.50. The van der Waals surface area contributed by atoms with E-state index >= 15 is 0 Å². The Labute approximate surface area is 121 Å². The van der Waals surface area contributed by atoms with Gasteiger partial charge in [-0.3, -0.25) is 5.32 Å². The number of benzene rings is 1. The van der Waals surface area contributed by atoms with E-state index in [1.807, 2.05) is 20.8 Å². The largest absolute Gasteiger partial charge is 0.418 e. The van der Waals surface area contributed by atoms with Gasteiger partial charge in [0.05, 0.1) is 0 Å². The second kappa shape index (κ2) is 5.74. The maximum Gasteiger partial charge on any atom is 0.418 e. The molecule has 110 valence electrons. The van der Waals surface area contributed by atoms with Gasteiger partial charge < -0.3 is 9.26 Å². The first-order chi connectivity index (χ1) is 9.88. The van der Waals surface area contributed by atoms with Gasteiger partial charge in [-0.25, -0.2) is 4.79 Å². The molecular weight excluding hydrogens is 274 g/mol. The number of carbonyl (C=O) groups excluding carboxylic acids is 1. The zero-order valence-corrected chi connectivity index (χ0v) is 11.9. The fourth-order valence-corrected chi connectivity index (χ4v) is 1.50. The topological polar surface area (TPSA) is 93.8 Å². The van der Waals surface area contributed by atoms with E-state index in [4.69, 9.17) is 9.26 Å². The molecule has 0 aliphatic rings. The van der Waals surface area contributed by atoms with Gasteiger partial charge in [0.2, 0.25) is 0 Å². The third-order valence-electron chi connectivity index (χ3n) is 2.63. The normalized spacial score (nSPS) is 11.0.